The van der Waals surface area contributed by atoms with E-state index in [-0.39, 0.29) is 0 Å². The molecule has 2 rings (SSSR count). The lowest BCUT2D eigenvalue weighted by molar-refractivity contribution is -0.407. The minimum absolute atomic E-state index is 0.305. The maximum Gasteiger partial charge on any atom is 0.546 e. The van der Waals surface area contributed by atoms with E-state index in [1.54, 1.807) is 24.3 Å². The molecule has 0 saturated carbocycles. The average molecular weight is 220 g/mol. The number of nitro groups is 1. The highest BCUT2D eigenvalue weighted by atomic mass is 16.7. The monoisotopic (exact) mass is 220 g/mol. The zero-order valence-corrected chi connectivity index (χ0v) is 8.08. The number of nitrogen functional groups attached to an aromatic ring is 1. The van der Waals surface area contributed by atoms with Crippen molar-refractivity contribution >= 4 is 24.0 Å². The summed E-state index contributed by atoms with van der Waals surface area (Å²) >= 11 is 0. The highest BCUT2D eigenvalue weighted by molar-refractivity contribution is 5.66. The lowest BCUT2D eigenvalue weighted by Gasteiger charge is -1.85. The van der Waals surface area contributed by atoms with Gasteiger partial charge in [0.05, 0.1) is 0 Å². The summed E-state index contributed by atoms with van der Waals surface area (Å²) in [6.07, 6.45) is 4.52. The number of rotatable bonds is 3. The Kier molecular flexibility index (Phi) is 2.42. The predicted octanol–water partition coefficient (Wildman–Crippen LogP) is 1.66. The van der Waals surface area contributed by atoms with Gasteiger partial charge in [0, 0.05) is 10.6 Å². The predicted molar refractivity (Wildman–Crippen MR) is 57.3 cm³/mol. The second kappa shape index (κ2) is 3.89. The summed E-state index contributed by atoms with van der Waals surface area (Å²) in [5, 5.41) is 10.3. The Morgan fingerprint density at radius 3 is 2.88 bits per heavy atom. The van der Waals surface area contributed by atoms with Crippen LogP contribution >= 0.6 is 0 Å². The Morgan fingerprint density at radius 2 is 2.31 bits per heavy atom. The first-order valence-electron chi connectivity index (χ1n) is 4.38. The van der Waals surface area contributed by atoms with E-state index in [1.807, 2.05) is 0 Å². The number of nitrogens with zero attached hydrogens (tertiary/aromatic N) is 2. The number of anilines is 1. The van der Waals surface area contributed by atoms with Crippen molar-refractivity contribution < 1.29 is 9.34 Å². The molecule has 0 radical (unpaired) electrons. The molecule has 82 valence electrons. The molecular formula is C9H8N4O3. The molecule has 2 aromatic heterocycles. The maximum atomic E-state index is 10.3. The molecule has 7 heteroatoms. The molecule has 0 bridgehead atoms. The van der Waals surface area contributed by atoms with Crippen LogP contribution in [0.4, 0.5) is 11.8 Å². The van der Waals surface area contributed by atoms with Gasteiger partial charge in [-0.2, -0.15) is 0 Å². The lowest BCUT2D eigenvalue weighted by atomic mass is 10.3. The van der Waals surface area contributed by atoms with Crippen molar-refractivity contribution in [3.05, 3.63) is 39.9 Å². The van der Waals surface area contributed by atoms with Gasteiger partial charge in [0.2, 0.25) is 0 Å². The molecule has 0 atom stereocenters. The molecule has 0 unspecified atom stereocenters. The van der Waals surface area contributed by atoms with E-state index in [1.165, 1.54) is 6.20 Å². The number of aromatic amines is 1. The Balaban J connectivity index is 2.14. The highest BCUT2D eigenvalue weighted by Gasteiger charge is 2.12. The van der Waals surface area contributed by atoms with Crippen LogP contribution in [-0.4, -0.2) is 14.9 Å². The summed E-state index contributed by atoms with van der Waals surface area (Å²) in [5.41, 5.74) is 6.25. The van der Waals surface area contributed by atoms with Crippen LogP contribution in [0.1, 0.15) is 11.5 Å². The summed E-state index contributed by atoms with van der Waals surface area (Å²) < 4.78 is 4.83. The first kappa shape index (κ1) is 9.97. The van der Waals surface area contributed by atoms with E-state index in [2.05, 4.69) is 9.97 Å². The van der Waals surface area contributed by atoms with Gasteiger partial charge in [-0.15, -0.1) is 0 Å². The van der Waals surface area contributed by atoms with Crippen molar-refractivity contribution in [3.8, 4) is 0 Å². The van der Waals surface area contributed by atoms with Crippen molar-refractivity contribution in [2.24, 2.45) is 0 Å². The first-order valence-corrected chi connectivity index (χ1v) is 4.38. The summed E-state index contributed by atoms with van der Waals surface area (Å²) in [5.74, 6) is 0.850. The zero-order chi connectivity index (χ0) is 11.5. The van der Waals surface area contributed by atoms with Crippen molar-refractivity contribution in [1.29, 1.82) is 0 Å². The molecule has 0 saturated heterocycles. The second-order valence-corrected chi connectivity index (χ2v) is 3.00. The Hall–Kier alpha value is -2.57. The molecule has 0 aromatic carbocycles. The molecule has 2 aromatic rings. The standard InChI is InChI=1S/C9H8N4O3/c10-8-4-2-6(12-8)1-3-7-5-11-9(16-7)13(14)15/h1-5,12H,10H2/b3-1+. The van der Waals surface area contributed by atoms with Gasteiger partial charge in [-0.3, -0.25) is 0 Å². The summed E-state index contributed by atoms with van der Waals surface area (Å²) in [6.45, 7) is 0. The van der Waals surface area contributed by atoms with Crippen LogP contribution in [0.5, 0.6) is 0 Å². The van der Waals surface area contributed by atoms with Gasteiger partial charge >= 0.3 is 6.01 Å². The fourth-order valence-electron chi connectivity index (χ4n) is 1.14. The van der Waals surface area contributed by atoms with E-state index in [4.69, 9.17) is 10.2 Å². The van der Waals surface area contributed by atoms with Gasteiger partial charge in [-0.25, -0.2) is 0 Å². The zero-order valence-electron chi connectivity index (χ0n) is 8.08. The third-order valence-electron chi connectivity index (χ3n) is 1.83. The van der Waals surface area contributed by atoms with Crippen LogP contribution in [0.25, 0.3) is 12.2 Å². The van der Waals surface area contributed by atoms with E-state index >= 15 is 0 Å². The number of hydrogen-bond donors (Lipinski definition) is 2. The topological polar surface area (TPSA) is 111 Å². The maximum absolute atomic E-state index is 10.3. The number of aromatic nitrogens is 2. The van der Waals surface area contributed by atoms with Crippen LogP contribution < -0.4 is 5.73 Å². The molecule has 0 aliphatic rings. The van der Waals surface area contributed by atoms with Crippen LogP contribution in [0.3, 0.4) is 0 Å². The molecular weight excluding hydrogens is 212 g/mol. The first-order chi connectivity index (χ1) is 7.65. The van der Waals surface area contributed by atoms with Gasteiger partial charge in [0.25, 0.3) is 0 Å². The molecule has 0 aliphatic heterocycles. The van der Waals surface area contributed by atoms with E-state index < -0.39 is 10.9 Å². The smallest absolute Gasteiger partial charge is 0.385 e. The molecule has 7 nitrogen and oxygen atoms in total. The van der Waals surface area contributed by atoms with E-state index in [0.29, 0.717) is 11.6 Å². The second-order valence-electron chi connectivity index (χ2n) is 3.00. The molecule has 2 heterocycles. The Labute approximate surface area is 89.7 Å². The van der Waals surface area contributed by atoms with Gasteiger partial charge in [0.1, 0.15) is 5.82 Å². The molecule has 16 heavy (non-hydrogen) atoms. The number of nitrogens with one attached hydrogen (secondary N) is 1. The fourth-order valence-corrected chi connectivity index (χ4v) is 1.14. The minimum atomic E-state index is -0.691. The summed E-state index contributed by atoms with van der Waals surface area (Å²) in [6, 6.07) is 2.96. The molecule has 0 aliphatic carbocycles. The van der Waals surface area contributed by atoms with Crippen molar-refractivity contribution in [1.82, 2.24) is 9.97 Å². The van der Waals surface area contributed by atoms with Crippen LogP contribution in [0.15, 0.2) is 22.7 Å². The van der Waals surface area contributed by atoms with Crippen LogP contribution in [0, 0.1) is 10.1 Å². The van der Waals surface area contributed by atoms with Crippen LogP contribution in [-0.2, 0) is 0 Å². The normalized spacial score (nSPS) is 11.0. The molecule has 0 amide bonds. The summed E-state index contributed by atoms with van der Waals surface area (Å²) in [7, 11) is 0. The molecule has 0 fully saturated rings. The lowest BCUT2D eigenvalue weighted by Crippen LogP contribution is -1.85. The van der Waals surface area contributed by atoms with E-state index in [9.17, 15) is 10.1 Å². The number of H-pyrrole nitrogens is 1. The number of oxazole rings is 1. The largest absolute Gasteiger partial charge is 0.546 e. The average Bonchev–Trinajstić information content (AvgIpc) is 2.83. The van der Waals surface area contributed by atoms with Crippen molar-refractivity contribution in [2.45, 2.75) is 0 Å². The van der Waals surface area contributed by atoms with Gasteiger partial charge < -0.3 is 25.2 Å². The number of nitrogens with two attached hydrogens (primary N) is 1. The molecule has 3 N–H and O–H groups in total. The SMILES string of the molecule is Nc1ccc(/C=C/c2cnc([N+](=O)[O-])o2)[nH]1. The van der Waals surface area contributed by atoms with Gasteiger partial charge in [0.15, 0.2) is 12.0 Å². The minimum Gasteiger partial charge on any atom is -0.385 e. The Morgan fingerprint density at radius 1 is 1.50 bits per heavy atom. The third kappa shape index (κ3) is 2.08. The van der Waals surface area contributed by atoms with Crippen LogP contribution in [0.2, 0.25) is 0 Å². The van der Waals surface area contributed by atoms with Crippen molar-refractivity contribution in [3.63, 3.8) is 0 Å². The Bertz CT molecular complexity index is 540. The van der Waals surface area contributed by atoms with E-state index in [0.717, 1.165) is 5.69 Å². The summed E-state index contributed by atoms with van der Waals surface area (Å²) in [4.78, 5) is 16.0. The van der Waals surface area contributed by atoms with Gasteiger partial charge in [-0.05, 0) is 29.3 Å². The number of hydrogen-bond acceptors (Lipinski definition) is 5. The highest BCUT2D eigenvalue weighted by Crippen LogP contribution is 2.14. The van der Waals surface area contributed by atoms with Crippen molar-refractivity contribution in [2.75, 3.05) is 5.73 Å². The third-order valence-corrected chi connectivity index (χ3v) is 1.83. The quantitative estimate of drug-likeness (QED) is 0.603. The fraction of sp³-hybridized carbons (Fsp3) is 0. The van der Waals surface area contributed by atoms with Gasteiger partial charge in [-0.1, -0.05) is 0 Å². The molecule has 0 spiro atoms.